The van der Waals surface area contributed by atoms with E-state index in [0.29, 0.717) is 11.3 Å². The molecule has 3 amide bonds. The van der Waals surface area contributed by atoms with E-state index in [9.17, 15) is 23.2 Å². The van der Waals surface area contributed by atoms with Crippen LogP contribution in [0.5, 0.6) is 0 Å². The number of hydrogen-bond acceptors (Lipinski definition) is 5. The second-order valence-corrected chi connectivity index (χ2v) is 9.84. The van der Waals surface area contributed by atoms with Gasteiger partial charge in [0, 0.05) is 17.8 Å². The molecule has 2 rings (SSSR count). The molecule has 0 aliphatic heterocycles. The normalized spacial score (nSPS) is 11.7. The first-order valence-corrected chi connectivity index (χ1v) is 12.4. The van der Waals surface area contributed by atoms with E-state index in [1.165, 1.54) is 6.07 Å². The Kier molecular flexibility index (Phi) is 13.8. The zero-order valence-electron chi connectivity index (χ0n) is 23.3. The highest BCUT2D eigenvalue weighted by Gasteiger charge is 2.14. The number of ether oxygens (including phenoxy) is 2. The molecule has 2 aromatic rings. The molecule has 0 aromatic heterocycles. The first kappa shape index (κ1) is 33.6. The molecular weight excluding hydrogens is 520 g/mol. The molecule has 40 heavy (non-hydrogen) atoms. The molecule has 1 atom stereocenters. The van der Waals surface area contributed by atoms with Crippen LogP contribution in [0.2, 0.25) is 0 Å². The topological polar surface area (TPSA) is 120 Å². The van der Waals surface area contributed by atoms with Crippen LogP contribution in [-0.2, 0) is 16.1 Å². The molecule has 0 saturated heterocycles. The van der Waals surface area contributed by atoms with Crippen molar-refractivity contribution in [3.05, 3.63) is 102 Å². The highest BCUT2D eigenvalue weighted by molar-refractivity contribution is 5.96. The fraction of sp³-hybridized carbons (Fsp3) is 0.300. The minimum absolute atomic E-state index is 0.0967. The van der Waals surface area contributed by atoms with Gasteiger partial charge in [-0.2, -0.15) is 0 Å². The Hall–Kier alpha value is -4.47. The Morgan fingerprint density at radius 2 is 1.70 bits per heavy atom. The van der Waals surface area contributed by atoms with Gasteiger partial charge in [-0.1, -0.05) is 56.5 Å². The van der Waals surface area contributed by atoms with Crippen molar-refractivity contribution in [3.8, 4) is 0 Å². The number of carbonyl (C=O) groups is 3. The quantitative estimate of drug-likeness (QED) is 0.273. The maximum Gasteiger partial charge on any atom is 0.411 e. The van der Waals surface area contributed by atoms with Gasteiger partial charge in [0.2, 0.25) is 0 Å². The zero-order valence-corrected chi connectivity index (χ0v) is 23.3. The predicted molar refractivity (Wildman–Crippen MR) is 152 cm³/mol. The highest BCUT2D eigenvalue weighted by Crippen LogP contribution is 2.21. The van der Waals surface area contributed by atoms with Crippen LogP contribution < -0.4 is 16.4 Å². The largest absolute Gasteiger partial charge is 0.444 e. The second kappa shape index (κ2) is 16.5. The molecule has 4 N–H and O–H groups in total. The lowest BCUT2D eigenvalue weighted by molar-refractivity contribution is 0.0599. The Balaban J connectivity index is 0.000000869. The summed E-state index contributed by atoms with van der Waals surface area (Å²) in [5.74, 6) is -2.04. The number of benzene rings is 2. The van der Waals surface area contributed by atoms with E-state index in [4.69, 9.17) is 10.5 Å². The van der Waals surface area contributed by atoms with E-state index >= 15 is 0 Å². The van der Waals surface area contributed by atoms with E-state index in [-0.39, 0.29) is 37.0 Å². The van der Waals surface area contributed by atoms with Gasteiger partial charge >= 0.3 is 12.2 Å². The van der Waals surface area contributed by atoms with Crippen LogP contribution in [0, 0.1) is 5.92 Å². The van der Waals surface area contributed by atoms with Crippen LogP contribution in [0.3, 0.4) is 0 Å². The number of amides is 3. The van der Waals surface area contributed by atoms with Crippen molar-refractivity contribution in [1.82, 2.24) is 5.32 Å². The molecule has 0 spiro atoms. The van der Waals surface area contributed by atoms with Crippen molar-refractivity contribution in [1.29, 1.82) is 0 Å². The molecule has 0 saturated carbocycles. The van der Waals surface area contributed by atoms with Crippen LogP contribution in [0.4, 0.5) is 24.1 Å². The molecule has 0 heterocycles. The molecule has 1 unspecified atom stereocenters. The van der Waals surface area contributed by atoms with Crippen LogP contribution in [0.25, 0.3) is 0 Å². The average Bonchev–Trinajstić information content (AvgIpc) is 2.85. The summed E-state index contributed by atoms with van der Waals surface area (Å²) >= 11 is 0. The second-order valence-electron chi connectivity index (χ2n) is 9.84. The monoisotopic (exact) mass is 557 g/mol. The third-order valence-corrected chi connectivity index (χ3v) is 4.85. The van der Waals surface area contributed by atoms with Crippen LogP contribution >= 0.6 is 0 Å². The van der Waals surface area contributed by atoms with Crippen LogP contribution in [0.1, 0.15) is 50.0 Å². The van der Waals surface area contributed by atoms with E-state index in [1.807, 2.05) is 30.3 Å². The minimum atomic E-state index is -0.762. The Labute approximate surface area is 233 Å². The molecule has 0 fully saturated rings. The van der Waals surface area contributed by atoms with Gasteiger partial charge in [-0.3, -0.25) is 10.1 Å². The molecule has 0 aliphatic rings. The molecule has 0 radical (unpaired) electrons. The molecular formula is C30H37F2N3O5. The summed E-state index contributed by atoms with van der Waals surface area (Å²) in [6.45, 7) is 13.7. The lowest BCUT2D eigenvalue weighted by Gasteiger charge is -2.16. The van der Waals surface area contributed by atoms with Gasteiger partial charge in [-0.05, 0) is 68.5 Å². The van der Waals surface area contributed by atoms with Crippen LogP contribution in [-0.4, -0.2) is 30.2 Å². The van der Waals surface area contributed by atoms with Crippen molar-refractivity contribution in [3.63, 3.8) is 0 Å². The molecule has 216 valence electrons. The van der Waals surface area contributed by atoms with E-state index in [0.717, 1.165) is 11.6 Å². The molecule has 10 heteroatoms. The lowest BCUT2D eigenvalue weighted by Crippen LogP contribution is -2.28. The first-order chi connectivity index (χ1) is 18.7. The maximum atomic E-state index is 13.4. The van der Waals surface area contributed by atoms with Gasteiger partial charge < -0.3 is 20.5 Å². The molecule has 2 aromatic carbocycles. The van der Waals surface area contributed by atoms with E-state index in [1.54, 1.807) is 45.9 Å². The van der Waals surface area contributed by atoms with Gasteiger partial charge in [0.15, 0.2) is 0 Å². The zero-order chi connectivity index (χ0) is 30.3. The van der Waals surface area contributed by atoms with Gasteiger partial charge in [-0.15, -0.1) is 0 Å². The van der Waals surface area contributed by atoms with Crippen molar-refractivity contribution < 1.29 is 32.6 Å². The number of rotatable bonds is 10. The van der Waals surface area contributed by atoms with E-state index in [2.05, 4.69) is 28.5 Å². The number of allylic oxidation sites excluding steroid dienone is 4. The Morgan fingerprint density at radius 1 is 1.05 bits per heavy atom. The Morgan fingerprint density at radius 3 is 2.23 bits per heavy atom. The predicted octanol–water partition coefficient (Wildman–Crippen LogP) is 6.96. The van der Waals surface area contributed by atoms with Crippen molar-refractivity contribution in [2.45, 2.75) is 46.3 Å². The SMILES string of the molecule is C=C(F)/C=C(/CC(C)CNC(=O)c1cccc(NC(=O)OCc2ccccc2)c1)C(=C)F.CC(C)(C)OC(N)=O. The smallest absolute Gasteiger partial charge is 0.411 e. The summed E-state index contributed by atoms with van der Waals surface area (Å²) in [6, 6.07) is 15.6. The van der Waals surface area contributed by atoms with Crippen molar-refractivity contribution in [2.24, 2.45) is 11.7 Å². The third-order valence-electron chi connectivity index (χ3n) is 4.85. The van der Waals surface area contributed by atoms with Crippen molar-refractivity contribution in [2.75, 3.05) is 11.9 Å². The first-order valence-electron chi connectivity index (χ1n) is 12.4. The number of halogens is 2. The lowest BCUT2D eigenvalue weighted by atomic mass is 9.99. The third kappa shape index (κ3) is 15.1. The molecule has 8 nitrogen and oxygen atoms in total. The standard InChI is InChI=1S/C25H26F2N2O3.C5H11NO2/c1-17(12-22(19(3)27)13-18(2)26)15-28-24(30)21-10-7-11-23(14-21)29-25(31)32-16-20-8-5-4-6-9-20;1-5(2,3)8-4(6)7/h4-11,13-14,17H,2-3,12,15-16H2,1H3,(H,28,30)(H,29,31);1-3H3,(H2,6,7)/b22-13-;. The van der Waals surface area contributed by atoms with Gasteiger partial charge in [0.1, 0.15) is 23.9 Å². The minimum Gasteiger partial charge on any atom is -0.444 e. The number of nitrogens with one attached hydrogen (secondary N) is 2. The summed E-state index contributed by atoms with van der Waals surface area (Å²) in [5.41, 5.74) is 5.96. The van der Waals surface area contributed by atoms with Gasteiger partial charge in [0.25, 0.3) is 5.91 Å². The number of anilines is 1. The maximum absolute atomic E-state index is 13.4. The van der Waals surface area contributed by atoms with Crippen LogP contribution in [0.15, 0.2) is 91.1 Å². The number of carbonyl (C=O) groups excluding carboxylic acids is 3. The van der Waals surface area contributed by atoms with Crippen molar-refractivity contribution >= 4 is 23.8 Å². The summed E-state index contributed by atoms with van der Waals surface area (Å²) in [7, 11) is 0. The molecule has 0 aliphatic carbocycles. The summed E-state index contributed by atoms with van der Waals surface area (Å²) in [5, 5.41) is 5.33. The summed E-state index contributed by atoms with van der Waals surface area (Å²) < 4.78 is 36.2. The number of nitrogens with two attached hydrogens (primary N) is 1. The number of hydrogen-bond donors (Lipinski definition) is 3. The average molecular weight is 558 g/mol. The number of primary amides is 1. The summed E-state index contributed by atoms with van der Waals surface area (Å²) in [6.07, 6.45) is -0.183. The van der Waals surface area contributed by atoms with Gasteiger partial charge in [0.05, 0.1) is 0 Å². The molecule has 0 bridgehead atoms. The Bertz CT molecular complexity index is 1210. The highest BCUT2D eigenvalue weighted by atomic mass is 19.1. The summed E-state index contributed by atoms with van der Waals surface area (Å²) in [4.78, 5) is 34.5. The van der Waals surface area contributed by atoms with Gasteiger partial charge in [-0.25, -0.2) is 18.4 Å². The fourth-order valence-corrected chi connectivity index (χ4v) is 3.17. The fourth-order valence-electron chi connectivity index (χ4n) is 3.17. The van der Waals surface area contributed by atoms with E-state index < -0.39 is 29.4 Å².